The van der Waals surface area contributed by atoms with Crippen LogP contribution in [0, 0.1) is 11.8 Å². The molecule has 1 aliphatic heterocycles. The predicted molar refractivity (Wildman–Crippen MR) is 81.9 cm³/mol. The highest BCUT2D eigenvalue weighted by Crippen LogP contribution is 2.37. The number of ketones is 1. The monoisotopic (exact) mass is 299 g/mol. The molecule has 0 unspecified atom stereocenters. The number of Topliss-reactive ketones (excluding diaryl/α,β-unsaturated/α-hetero) is 1. The van der Waals surface area contributed by atoms with Crippen LogP contribution in [0.4, 0.5) is 0 Å². The Balaban J connectivity index is 1.57. The summed E-state index contributed by atoms with van der Waals surface area (Å²) in [7, 11) is 0. The van der Waals surface area contributed by atoms with Crippen molar-refractivity contribution < 1.29 is 14.0 Å². The Labute approximate surface area is 130 Å². The number of allylic oxidation sites excluding steroid dienone is 2. The van der Waals surface area contributed by atoms with Crippen LogP contribution in [0.1, 0.15) is 59.1 Å². The van der Waals surface area contributed by atoms with Gasteiger partial charge in [-0.25, -0.2) is 0 Å². The molecule has 0 aromatic carbocycles. The van der Waals surface area contributed by atoms with Gasteiger partial charge in [0.05, 0.1) is 11.1 Å². The van der Waals surface area contributed by atoms with Gasteiger partial charge in [0.2, 0.25) is 0 Å². The summed E-state index contributed by atoms with van der Waals surface area (Å²) >= 11 is 0. The van der Waals surface area contributed by atoms with Gasteiger partial charge in [-0.3, -0.25) is 9.59 Å². The lowest BCUT2D eigenvalue weighted by molar-refractivity contribution is 0.0777. The molecule has 0 N–H and O–H groups in total. The lowest BCUT2D eigenvalue weighted by Gasteiger charge is -2.21. The Bertz CT molecular complexity index is 670. The first kappa shape index (κ1) is 13.8. The zero-order chi connectivity index (χ0) is 15.3. The van der Waals surface area contributed by atoms with Crippen LogP contribution in [0.5, 0.6) is 0 Å². The molecule has 4 rings (SSSR count). The van der Waals surface area contributed by atoms with Gasteiger partial charge in [0, 0.05) is 25.9 Å². The summed E-state index contributed by atoms with van der Waals surface area (Å²) in [5.74, 6) is 1.90. The van der Waals surface area contributed by atoms with E-state index in [2.05, 4.69) is 13.0 Å². The fourth-order valence-corrected chi connectivity index (χ4v) is 4.20. The zero-order valence-electron chi connectivity index (χ0n) is 12.9. The first-order valence-electron chi connectivity index (χ1n) is 8.22. The molecule has 1 amide bonds. The Kier molecular flexibility index (Phi) is 3.21. The topological polar surface area (TPSA) is 50.5 Å². The van der Waals surface area contributed by atoms with Crippen molar-refractivity contribution in [3.8, 4) is 0 Å². The van der Waals surface area contributed by atoms with Gasteiger partial charge in [0.25, 0.3) is 5.91 Å². The van der Waals surface area contributed by atoms with Gasteiger partial charge in [-0.15, -0.1) is 0 Å². The minimum atomic E-state index is -0.0210. The van der Waals surface area contributed by atoms with Crippen LogP contribution in [0.2, 0.25) is 0 Å². The molecule has 116 valence electrons. The molecule has 22 heavy (non-hydrogen) atoms. The van der Waals surface area contributed by atoms with Crippen LogP contribution in [-0.4, -0.2) is 29.7 Å². The van der Waals surface area contributed by atoms with Crippen molar-refractivity contribution in [2.24, 2.45) is 11.8 Å². The van der Waals surface area contributed by atoms with Gasteiger partial charge in [-0.1, -0.05) is 11.6 Å². The molecule has 3 aliphatic rings. The number of hydrogen-bond donors (Lipinski definition) is 0. The highest BCUT2D eigenvalue weighted by atomic mass is 16.3. The van der Waals surface area contributed by atoms with E-state index in [-0.39, 0.29) is 11.7 Å². The third-order valence-electron chi connectivity index (χ3n) is 5.40. The number of aryl methyl sites for hydroxylation is 1. The molecule has 1 aromatic heterocycles. The van der Waals surface area contributed by atoms with Crippen molar-refractivity contribution in [1.29, 1.82) is 0 Å². The summed E-state index contributed by atoms with van der Waals surface area (Å²) in [6, 6.07) is 0. The molecule has 2 atom stereocenters. The largest absolute Gasteiger partial charge is 0.468 e. The standard InChI is InChI=1S/C18H21NO3/c1-11-5-6-12-8-19(9-13(12)7-11)18(21)14-10-22-16-4-2-3-15(20)17(14)16/h5,10,12-13H,2-4,6-9H2,1H3/t12-,13+/m1/s1. The molecule has 0 bridgehead atoms. The van der Waals surface area contributed by atoms with E-state index >= 15 is 0 Å². The lowest BCUT2D eigenvalue weighted by atomic mass is 9.83. The van der Waals surface area contributed by atoms with Crippen molar-refractivity contribution in [3.05, 3.63) is 34.8 Å². The molecule has 0 saturated carbocycles. The summed E-state index contributed by atoms with van der Waals surface area (Å²) in [5.41, 5.74) is 2.48. The number of furan rings is 1. The normalized spacial score (nSPS) is 27.4. The summed E-state index contributed by atoms with van der Waals surface area (Å²) in [5, 5.41) is 0. The lowest BCUT2D eigenvalue weighted by Crippen LogP contribution is -2.30. The van der Waals surface area contributed by atoms with E-state index in [1.165, 1.54) is 11.8 Å². The summed E-state index contributed by atoms with van der Waals surface area (Å²) in [4.78, 5) is 26.9. The van der Waals surface area contributed by atoms with Crippen molar-refractivity contribution in [3.63, 3.8) is 0 Å². The molecule has 4 heteroatoms. The van der Waals surface area contributed by atoms with Gasteiger partial charge < -0.3 is 9.32 Å². The summed E-state index contributed by atoms with van der Waals surface area (Å²) in [6.07, 6.45) is 8.09. The number of nitrogens with zero attached hydrogens (tertiary/aromatic N) is 1. The fraction of sp³-hybridized carbons (Fsp3) is 0.556. The summed E-state index contributed by atoms with van der Waals surface area (Å²) < 4.78 is 5.50. The molecule has 2 heterocycles. The van der Waals surface area contributed by atoms with E-state index in [1.54, 1.807) is 0 Å². The van der Waals surface area contributed by atoms with Gasteiger partial charge in [0.15, 0.2) is 5.78 Å². The molecule has 4 nitrogen and oxygen atoms in total. The Hall–Kier alpha value is -1.84. The fourth-order valence-electron chi connectivity index (χ4n) is 4.20. The van der Waals surface area contributed by atoms with Crippen molar-refractivity contribution in [1.82, 2.24) is 4.90 Å². The Morgan fingerprint density at radius 2 is 2.09 bits per heavy atom. The molecular formula is C18H21NO3. The maximum absolute atomic E-state index is 12.8. The van der Waals surface area contributed by atoms with Crippen LogP contribution < -0.4 is 0 Å². The van der Waals surface area contributed by atoms with Crippen molar-refractivity contribution in [2.75, 3.05) is 13.1 Å². The first-order valence-corrected chi connectivity index (χ1v) is 8.22. The van der Waals surface area contributed by atoms with Crippen LogP contribution in [-0.2, 0) is 6.42 Å². The smallest absolute Gasteiger partial charge is 0.257 e. The van der Waals surface area contributed by atoms with Crippen LogP contribution in [0.25, 0.3) is 0 Å². The van der Waals surface area contributed by atoms with E-state index in [0.717, 1.165) is 38.8 Å². The van der Waals surface area contributed by atoms with E-state index in [9.17, 15) is 9.59 Å². The number of carbonyl (C=O) groups excluding carboxylic acids is 2. The number of likely N-dealkylation sites (tertiary alicyclic amines) is 1. The molecular weight excluding hydrogens is 278 g/mol. The zero-order valence-corrected chi connectivity index (χ0v) is 12.9. The van der Waals surface area contributed by atoms with E-state index < -0.39 is 0 Å². The van der Waals surface area contributed by atoms with Crippen molar-refractivity contribution >= 4 is 11.7 Å². The molecule has 1 aromatic rings. The van der Waals surface area contributed by atoms with Gasteiger partial charge >= 0.3 is 0 Å². The highest BCUT2D eigenvalue weighted by molar-refractivity contribution is 6.09. The number of amides is 1. The van der Waals surface area contributed by atoms with Gasteiger partial charge in [-0.05, 0) is 38.0 Å². The maximum atomic E-state index is 12.8. The highest BCUT2D eigenvalue weighted by Gasteiger charge is 2.38. The van der Waals surface area contributed by atoms with E-state index in [0.29, 0.717) is 35.1 Å². The van der Waals surface area contributed by atoms with Crippen LogP contribution >= 0.6 is 0 Å². The minimum Gasteiger partial charge on any atom is -0.468 e. The second-order valence-electron chi connectivity index (χ2n) is 6.94. The van der Waals surface area contributed by atoms with Crippen LogP contribution in [0.15, 0.2) is 22.3 Å². The molecule has 0 spiro atoms. The SMILES string of the molecule is CC1=CC[C@@H]2CN(C(=O)c3coc4c3C(=O)CCC4)C[C@@H]2C1. The van der Waals surface area contributed by atoms with Crippen molar-refractivity contribution in [2.45, 2.75) is 39.0 Å². The average Bonchev–Trinajstić information content (AvgIpc) is 3.10. The molecule has 1 fully saturated rings. The number of fused-ring (bicyclic) bond motifs is 2. The van der Waals surface area contributed by atoms with Gasteiger partial charge in [0.1, 0.15) is 12.0 Å². The quantitative estimate of drug-likeness (QED) is 0.748. The molecule has 1 saturated heterocycles. The third-order valence-corrected chi connectivity index (χ3v) is 5.40. The van der Waals surface area contributed by atoms with Gasteiger partial charge in [-0.2, -0.15) is 0 Å². The second kappa shape index (κ2) is 5.11. The predicted octanol–water partition coefficient (Wildman–Crippen LogP) is 3.23. The number of hydrogen-bond acceptors (Lipinski definition) is 3. The number of rotatable bonds is 1. The second-order valence-corrected chi connectivity index (χ2v) is 6.94. The Morgan fingerprint density at radius 1 is 1.27 bits per heavy atom. The molecule has 0 radical (unpaired) electrons. The maximum Gasteiger partial charge on any atom is 0.257 e. The first-order chi connectivity index (χ1) is 10.6. The third kappa shape index (κ3) is 2.13. The number of carbonyl (C=O) groups is 2. The summed E-state index contributed by atoms with van der Waals surface area (Å²) in [6.45, 7) is 3.79. The minimum absolute atomic E-state index is 0.0210. The Morgan fingerprint density at radius 3 is 2.95 bits per heavy atom. The average molecular weight is 299 g/mol. The van der Waals surface area contributed by atoms with E-state index in [4.69, 9.17) is 4.42 Å². The molecule has 2 aliphatic carbocycles. The van der Waals surface area contributed by atoms with Crippen LogP contribution in [0.3, 0.4) is 0 Å². The van der Waals surface area contributed by atoms with E-state index in [1.807, 2.05) is 4.90 Å².